The van der Waals surface area contributed by atoms with Gasteiger partial charge in [-0.2, -0.15) is 0 Å². The molecular formula is C54H80N2O10. The van der Waals surface area contributed by atoms with Gasteiger partial charge in [0.25, 0.3) is 0 Å². The fraction of sp³-hybridized carbons (Fsp3) is 0.519. The van der Waals surface area contributed by atoms with E-state index in [1.807, 2.05) is 92.7 Å². The normalized spacial score (nSPS) is 18.8. The molecule has 0 aliphatic carbocycles. The summed E-state index contributed by atoms with van der Waals surface area (Å²) in [4.78, 5) is 71.2. The molecule has 0 spiro atoms. The van der Waals surface area contributed by atoms with Gasteiger partial charge in [-0.05, 0) is 71.3 Å². The van der Waals surface area contributed by atoms with E-state index in [0.29, 0.717) is 24.8 Å². The summed E-state index contributed by atoms with van der Waals surface area (Å²) >= 11 is 0. The summed E-state index contributed by atoms with van der Waals surface area (Å²) in [6.45, 7) is 34.3. The number of hydrogen-bond donors (Lipinski definition) is 2. The topological polar surface area (TPSA) is 163 Å². The van der Waals surface area contributed by atoms with E-state index in [-0.39, 0.29) is 61.0 Å². The standard InChI is InChI=1S/C26H37NO5.C14H23NO3.C14H20O2/c1-8-9-16-31-25(30)23(26(5,6)7)27-22(28)13-11-10-12-18(2)17-20(4)21-15-14-19(3)24(29)32-21;1-6-8-10-18-13(17)12(14(3,4)5)15-11(16)9-7-2;1-5-6-10(2)9-12(4)13-8-7-11(3)14(15)16-13/h8,10-14,17,20-21,23H,1,9,15-16H2,2-7H3,(H,27,28);6-7,9,12H,1,8,10H2,2-5H3,(H,15,16);5-7,9,12-13H,8H2,1-4H3/b12-10-,13-11-,18-17+;9-7-;6-5-,10-9+/t20-,21-,23+;12-;12-,13-/m010/s1. The molecule has 12 heteroatoms. The Kier molecular flexibility index (Phi) is 28.5. The molecule has 2 rings (SSSR count). The minimum Gasteiger partial charge on any atom is -0.464 e. The van der Waals surface area contributed by atoms with E-state index in [1.165, 1.54) is 17.7 Å². The van der Waals surface area contributed by atoms with Crippen molar-refractivity contribution in [3.05, 3.63) is 121 Å². The number of rotatable bonds is 19. The van der Waals surface area contributed by atoms with Crippen molar-refractivity contribution in [2.24, 2.45) is 22.7 Å². The summed E-state index contributed by atoms with van der Waals surface area (Å²) in [6, 6.07) is -1.42. The lowest BCUT2D eigenvalue weighted by molar-refractivity contribution is -0.151. The largest absolute Gasteiger partial charge is 0.464 e. The lowest BCUT2D eigenvalue weighted by Crippen LogP contribution is -2.49. The molecule has 0 unspecified atom stereocenters. The molecule has 0 aromatic heterocycles. The highest BCUT2D eigenvalue weighted by molar-refractivity contribution is 5.92. The summed E-state index contributed by atoms with van der Waals surface area (Å²) in [5, 5.41) is 5.38. The molecule has 0 saturated heterocycles. The van der Waals surface area contributed by atoms with E-state index in [9.17, 15) is 28.8 Å². The van der Waals surface area contributed by atoms with Crippen molar-refractivity contribution in [2.75, 3.05) is 13.2 Å². The highest BCUT2D eigenvalue weighted by Crippen LogP contribution is 2.24. The number of ether oxygens (including phenoxy) is 4. The van der Waals surface area contributed by atoms with Gasteiger partial charge in [0.2, 0.25) is 11.8 Å². The molecule has 6 atom stereocenters. The van der Waals surface area contributed by atoms with Crippen molar-refractivity contribution >= 4 is 35.7 Å². The highest BCUT2D eigenvalue weighted by Gasteiger charge is 2.35. The zero-order valence-electron chi connectivity index (χ0n) is 42.3. The lowest BCUT2D eigenvalue weighted by atomic mass is 9.86. The molecule has 0 bridgehead atoms. The fourth-order valence-corrected chi connectivity index (χ4v) is 6.16. The minimum absolute atomic E-state index is 0.0172. The molecule has 366 valence electrons. The quantitative estimate of drug-likeness (QED) is 0.0318. The molecule has 0 fully saturated rings. The number of carbonyl (C=O) groups is 6. The zero-order valence-corrected chi connectivity index (χ0v) is 42.3. The Hall–Kier alpha value is -5.78. The van der Waals surface area contributed by atoms with Gasteiger partial charge in [-0.25, -0.2) is 19.2 Å². The average Bonchev–Trinajstić information content (AvgIpc) is 3.22. The highest BCUT2D eigenvalue weighted by atomic mass is 16.6. The molecule has 0 aromatic rings. The predicted molar refractivity (Wildman–Crippen MR) is 265 cm³/mol. The number of amides is 2. The number of esters is 4. The molecule has 2 aliphatic heterocycles. The third kappa shape index (κ3) is 25.1. The lowest BCUT2D eigenvalue weighted by Gasteiger charge is -2.29. The van der Waals surface area contributed by atoms with Crippen molar-refractivity contribution < 1.29 is 47.7 Å². The predicted octanol–water partition coefficient (Wildman–Crippen LogP) is 10.2. The third-order valence-corrected chi connectivity index (χ3v) is 10.1. The van der Waals surface area contributed by atoms with Gasteiger partial charge in [-0.1, -0.05) is 139 Å². The van der Waals surface area contributed by atoms with E-state index in [4.69, 9.17) is 18.9 Å². The van der Waals surface area contributed by atoms with Crippen LogP contribution in [-0.2, 0) is 47.7 Å². The van der Waals surface area contributed by atoms with Gasteiger partial charge < -0.3 is 29.6 Å². The summed E-state index contributed by atoms with van der Waals surface area (Å²) in [7, 11) is 0. The average molecular weight is 917 g/mol. The molecular weight excluding hydrogens is 837 g/mol. The van der Waals surface area contributed by atoms with Gasteiger partial charge in [0.1, 0.15) is 24.3 Å². The second-order valence-electron chi connectivity index (χ2n) is 18.5. The van der Waals surface area contributed by atoms with E-state index in [2.05, 4.69) is 49.8 Å². The van der Waals surface area contributed by atoms with Gasteiger partial charge in [-0.3, -0.25) is 9.59 Å². The number of hydrogen-bond acceptors (Lipinski definition) is 10. The second kappa shape index (κ2) is 31.2. The molecule has 0 saturated carbocycles. The van der Waals surface area contributed by atoms with Gasteiger partial charge in [0, 0.05) is 41.9 Å². The van der Waals surface area contributed by atoms with Crippen LogP contribution in [-0.4, -0.2) is 73.2 Å². The molecule has 2 aliphatic rings. The summed E-state index contributed by atoms with van der Waals surface area (Å²) in [5.41, 5.74) is 2.67. The summed E-state index contributed by atoms with van der Waals surface area (Å²) < 4.78 is 21.1. The first-order valence-corrected chi connectivity index (χ1v) is 22.7. The van der Waals surface area contributed by atoms with Crippen LogP contribution in [0.15, 0.2) is 121 Å². The van der Waals surface area contributed by atoms with Crippen LogP contribution in [0.1, 0.15) is 123 Å². The first-order valence-electron chi connectivity index (χ1n) is 22.7. The van der Waals surface area contributed by atoms with Crippen LogP contribution in [0.25, 0.3) is 0 Å². The Balaban J connectivity index is 0.00000105. The summed E-state index contributed by atoms with van der Waals surface area (Å²) in [5.74, 6) is -1.66. The Labute approximate surface area is 396 Å². The number of nitrogens with one attached hydrogen (secondary N) is 2. The molecule has 2 heterocycles. The smallest absolute Gasteiger partial charge is 0.333 e. The van der Waals surface area contributed by atoms with Crippen molar-refractivity contribution in [2.45, 2.75) is 147 Å². The van der Waals surface area contributed by atoms with Crippen LogP contribution in [0, 0.1) is 22.7 Å². The Morgan fingerprint density at radius 2 is 1.03 bits per heavy atom. The number of allylic oxidation sites excluding steroid dienone is 8. The van der Waals surface area contributed by atoms with Gasteiger partial charge in [0.05, 0.1) is 13.2 Å². The maximum atomic E-state index is 12.3. The minimum atomic E-state index is -0.758. The van der Waals surface area contributed by atoms with E-state index < -0.39 is 34.9 Å². The monoisotopic (exact) mass is 917 g/mol. The maximum Gasteiger partial charge on any atom is 0.333 e. The Bertz CT molecular complexity index is 1890. The van der Waals surface area contributed by atoms with E-state index in [1.54, 1.807) is 51.2 Å². The fourth-order valence-electron chi connectivity index (χ4n) is 6.16. The third-order valence-electron chi connectivity index (χ3n) is 10.1. The van der Waals surface area contributed by atoms with Crippen LogP contribution in [0.4, 0.5) is 0 Å². The van der Waals surface area contributed by atoms with E-state index >= 15 is 0 Å². The first kappa shape index (κ1) is 60.2. The molecule has 2 amide bonds. The van der Waals surface area contributed by atoms with Gasteiger partial charge >= 0.3 is 23.9 Å². The zero-order chi connectivity index (χ0) is 50.6. The van der Waals surface area contributed by atoms with Crippen LogP contribution < -0.4 is 10.6 Å². The molecule has 0 aromatic carbocycles. The maximum absolute atomic E-state index is 12.3. The van der Waals surface area contributed by atoms with Crippen molar-refractivity contribution in [1.29, 1.82) is 0 Å². The molecule has 12 nitrogen and oxygen atoms in total. The van der Waals surface area contributed by atoms with Crippen molar-refractivity contribution in [3.63, 3.8) is 0 Å². The van der Waals surface area contributed by atoms with Crippen molar-refractivity contribution in [1.82, 2.24) is 10.6 Å². The SMILES string of the molecule is C/C=C\C(C)=C\[C@H](C)[C@@H]1CC=C(C)C(=O)O1.C=CCCOC(=O)[C@@H](NC(=O)/C=C\C)C(C)(C)C.C=CCCOC(=O)[C@@H](NC(=O)\C=C/C=C\C(C)=C\[C@H](C)[C@@H]1CC=C(C)C(=O)O1)C(C)(C)C. The molecule has 0 radical (unpaired) electrons. The number of carbonyl (C=O) groups excluding carboxylic acids is 6. The second-order valence-corrected chi connectivity index (χ2v) is 18.5. The van der Waals surface area contributed by atoms with Crippen molar-refractivity contribution in [3.8, 4) is 0 Å². The van der Waals surface area contributed by atoms with Crippen LogP contribution in [0.3, 0.4) is 0 Å². The Morgan fingerprint density at radius 3 is 1.38 bits per heavy atom. The first-order chi connectivity index (χ1) is 30.8. The molecule has 2 N–H and O–H groups in total. The van der Waals surface area contributed by atoms with Gasteiger partial charge in [0.15, 0.2) is 0 Å². The Morgan fingerprint density at radius 1 is 0.667 bits per heavy atom. The van der Waals surface area contributed by atoms with E-state index in [0.717, 1.165) is 17.6 Å². The van der Waals surface area contributed by atoms with Crippen LogP contribution in [0.5, 0.6) is 0 Å². The van der Waals surface area contributed by atoms with Gasteiger partial charge in [-0.15, -0.1) is 13.2 Å². The number of cyclic esters (lactones) is 2. The summed E-state index contributed by atoms with van der Waals surface area (Å²) in [6.07, 6.45) is 27.6. The van der Waals surface area contributed by atoms with Crippen LogP contribution >= 0.6 is 0 Å². The molecule has 66 heavy (non-hydrogen) atoms. The van der Waals surface area contributed by atoms with Crippen LogP contribution in [0.2, 0.25) is 0 Å².